The number of amides is 3. The van der Waals surface area contributed by atoms with E-state index in [1.165, 1.54) is 6.07 Å². The number of aromatic amines is 1. The average molecular weight is 478 g/mol. The Hall–Kier alpha value is -3.75. The molecule has 2 unspecified atom stereocenters. The van der Waals surface area contributed by atoms with Crippen molar-refractivity contribution in [1.29, 1.82) is 0 Å². The topological polar surface area (TPSA) is 98.4 Å². The van der Waals surface area contributed by atoms with Crippen LogP contribution in [-0.4, -0.2) is 63.7 Å². The number of H-pyrrole nitrogens is 1. The van der Waals surface area contributed by atoms with Crippen LogP contribution in [-0.2, 0) is 6.42 Å². The molecule has 8 nitrogen and oxygen atoms in total. The van der Waals surface area contributed by atoms with Crippen molar-refractivity contribution < 1.29 is 14.0 Å². The van der Waals surface area contributed by atoms with Crippen LogP contribution in [0.4, 0.5) is 9.18 Å². The zero-order chi connectivity index (χ0) is 24.5. The van der Waals surface area contributed by atoms with Crippen LogP contribution in [0, 0.1) is 5.82 Å². The SMILES string of the molecule is CCCCNC(=O)N1CC2CC1CN2C(=O)c1cc(Cc2n[nH]c(=O)c3ccccc23)ccc1F. The molecule has 2 aliphatic heterocycles. The maximum Gasteiger partial charge on any atom is 0.317 e. The molecule has 5 rings (SSSR count). The minimum absolute atomic E-state index is 0.0164. The van der Waals surface area contributed by atoms with Gasteiger partial charge in [0.15, 0.2) is 0 Å². The molecular weight excluding hydrogens is 449 g/mol. The molecule has 2 aromatic carbocycles. The third-order valence-corrected chi connectivity index (χ3v) is 6.98. The Labute approximate surface area is 202 Å². The number of benzene rings is 2. The predicted molar refractivity (Wildman–Crippen MR) is 130 cm³/mol. The first kappa shape index (κ1) is 23.0. The van der Waals surface area contributed by atoms with E-state index in [1.807, 2.05) is 12.1 Å². The zero-order valence-electron chi connectivity index (χ0n) is 19.6. The Morgan fingerprint density at radius 1 is 1.11 bits per heavy atom. The van der Waals surface area contributed by atoms with Crippen molar-refractivity contribution in [1.82, 2.24) is 25.3 Å². The van der Waals surface area contributed by atoms with Crippen LogP contribution >= 0.6 is 0 Å². The third kappa shape index (κ3) is 4.38. The van der Waals surface area contributed by atoms with Crippen LogP contribution in [0.25, 0.3) is 10.8 Å². The average Bonchev–Trinajstić information content (AvgIpc) is 3.48. The highest BCUT2D eigenvalue weighted by Crippen LogP contribution is 2.32. The Morgan fingerprint density at radius 2 is 1.86 bits per heavy atom. The van der Waals surface area contributed by atoms with E-state index in [0.29, 0.717) is 43.6 Å². The number of halogens is 1. The van der Waals surface area contributed by atoms with Crippen molar-refractivity contribution in [2.24, 2.45) is 0 Å². The Bertz CT molecular complexity index is 1340. The van der Waals surface area contributed by atoms with Crippen molar-refractivity contribution in [3.8, 4) is 0 Å². The fourth-order valence-electron chi connectivity index (χ4n) is 5.14. The molecule has 0 saturated carbocycles. The molecule has 2 saturated heterocycles. The van der Waals surface area contributed by atoms with Crippen LogP contribution in [0.1, 0.15) is 47.8 Å². The van der Waals surface area contributed by atoms with E-state index in [0.717, 1.165) is 23.8 Å². The third-order valence-electron chi connectivity index (χ3n) is 6.98. The van der Waals surface area contributed by atoms with Crippen molar-refractivity contribution >= 4 is 22.7 Å². The molecule has 0 radical (unpaired) electrons. The minimum atomic E-state index is -0.574. The molecule has 2 N–H and O–H groups in total. The van der Waals surface area contributed by atoms with Crippen molar-refractivity contribution in [3.05, 3.63) is 75.5 Å². The zero-order valence-corrected chi connectivity index (χ0v) is 19.6. The fourth-order valence-corrected chi connectivity index (χ4v) is 5.14. The highest BCUT2D eigenvalue weighted by atomic mass is 19.1. The van der Waals surface area contributed by atoms with Crippen LogP contribution in [0.15, 0.2) is 47.3 Å². The normalized spacial score (nSPS) is 18.9. The summed E-state index contributed by atoms with van der Waals surface area (Å²) in [6.07, 6.45) is 2.99. The van der Waals surface area contributed by atoms with Crippen LogP contribution in [0.3, 0.4) is 0 Å². The van der Waals surface area contributed by atoms with Gasteiger partial charge < -0.3 is 15.1 Å². The number of hydrogen-bond donors (Lipinski definition) is 2. The van der Waals surface area contributed by atoms with Crippen molar-refractivity contribution in [2.75, 3.05) is 19.6 Å². The second kappa shape index (κ2) is 9.48. The van der Waals surface area contributed by atoms with Gasteiger partial charge in [0.05, 0.1) is 28.7 Å². The number of urea groups is 1. The van der Waals surface area contributed by atoms with Gasteiger partial charge >= 0.3 is 6.03 Å². The van der Waals surface area contributed by atoms with E-state index in [-0.39, 0.29) is 35.1 Å². The van der Waals surface area contributed by atoms with Gasteiger partial charge in [-0.15, -0.1) is 0 Å². The van der Waals surface area contributed by atoms with E-state index in [9.17, 15) is 18.8 Å². The number of fused-ring (bicyclic) bond motifs is 3. The number of rotatable bonds is 6. The van der Waals surface area contributed by atoms with Gasteiger partial charge in [0.1, 0.15) is 5.82 Å². The lowest BCUT2D eigenvalue weighted by Gasteiger charge is -2.34. The molecule has 0 aliphatic carbocycles. The van der Waals surface area contributed by atoms with Crippen LogP contribution in [0.5, 0.6) is 0 Å². The molecule has 35 heavy (non-hydrogen) atoms. The smallest absolute Gasteiger partial charge is 0.317 e. The number of unbranched alkanes of at least 4 members (excludes halogenated alkanes) is 1. The van der Waals surface area contributed by atoms with Gasteiger partial charge in [-0.25, -0.2) is 14.3 Å². The highest BCUT2D eigenvalue weighted by molar-refractivity contribution is 5.95. The second-order valence-corrected chi connectivity index (χ2v) is 9.27. The number of nitrogens with one attached hydrogen (secondary N) is 2. The van der Waals surface area contributed by atoms with E-state index in [1.54, 1.807) is 34.1 Å². The summed E-state index contributed by atoms with van der Waals surface area (Å²) in [4.78, 5) is 41.3. The van der Waals surface area contributed by atoms with Gasteiger partial charge in [0.25, 0.3) is 11.5 Å². The summed E-state index contributed by atoms with van der Waals surface area (Å²) in [6.45, 7) is 3.58. The summed E-state index contributed by atoms with van der Waals surface area (Å²) < 4.78 is 14.8. The lowest BCUT2D eigenvalue weighted by atomic mass is 10.0. The highest BCUT2D eigenvalue weighted by Gasteiger charge is 2.47. The number of carbonyl (C=O) groups excluding carboxylic acids is 2. The van der Waals surface area contributed by atoms with Crippen LogP contribution < -0.4 is 10.9 Å². The number of piperazine rings is 1. The maximum atomic E-state index is 14.8. The minimum Gasteiger partial charge on any atom is -0.338 e. The Balaban J connectivity index is 1.32. The number of aromatic nitrogens is 2. The number of hydrogen-bond acceptors (Lipinski definition) is 4. The van der Waals surface area contributed by atoms with Gasteiger partial charge in [-0.3, -0.25) is 9.59 Å². The molecule has 182 valence electrons. The lowest BCUT2D eigenvalue weighted by Crippen LogP contribution is -2.53. The molecule has 0 spiro atoms. The lowest BCUT2D eigenvalue weighted by molar-refractivity contribution is 0.0647. The Kier molecular flexibility index (Phi) is 6.23. The molecule has 2 aliphatic rings. The van der Waals surface area contributed by atoms with Gasteiger partial charge in [-0.1, -0.05) is 37.6 Å². The summed E-state index contributed by atoms with van der Waals surface area (Å²) in [5.41, 5.74) is 1.12. The first-order valence-corrected chi connectivity index (χ1v) is 12.1. The number of likely N-dealkylation sites (tertiary alicyclic amines) is 2. The number of carbonyl (C=O) groups is 2. The van der Waals surface area contributed by atoms with E-state index in [2.05, 4.69) is 22.4 Å². The van der Waals surface area contributed by atoms with Crippen molar-refractivity contribution in [3.63, 3.8) is 0 Å². The van der Waals surface area contributed by atoms with E-state index in [4.69, 9.17) is 0 Å². The molecule has 3 amide bonds. The quantitative estimate of drug-likeness (QED) is 0.533. The second-order valence-electron chi connectivity index (χ2n) is 9.27. The molecule has 9 heteroatoms. The summed E-state index contributed by atoms with van der Waals surface area (Å²) >= 11 is 0. The van der Waals surface area contributed by atoms with Gasteiger partial charge in [-0.2, -0.15) is 5.10 Å². The fraction of sp³-hybridized carbons (Fsp3) is 0.385. The molecule has 1 aromatic heterocycles. The molecule has 2 atom stereocenters. The van der Waals surface area contributed by atoms with E-state index >= 15 is 0 Å². The molecular formula is C26H28FN5O3. The molecule has 3 heterocycles. The Morgan fingerprint density at radius 3 is 2.60 bits per heavy atom. The summed E-state index contributed by atoms with van der Waals surface area (Å²) in [6, 6.07) is 11.4. The summed E-state index contributed by atoms with van der Waals surface area (Å²) in [5, 5.41) is 10.9. The summed E-state index contributed by atoms with van der Waals surface area (Å²) in [7, 11) is 0. The molecule has 2 bridgehead atoms. The predicted octanol–water partition coefficient (Wildman–Crippen LogP) is 3.06. The van der Waals surface area contributed by atoms with E-state index < -0.39 is 5.82 Å². The summed E-state index contributed by atoms with van der Waals surface area (Å²) in [5.74, 6) is -0.933. The van der Waals surface area contributed by atoms with Crippen LogP contribution in [0.2, 0.25) is 0 Å². The van der Waals surface area contributed by atoms with Gasteiger partial charge in [0.2, 0.25) is 0 Å². The molecule has 3 aromatic rings. The largest absolute Gasteiger partial charge is 0.338 e. The maximum absolute atomic E-state index is 14.8. The molecule has 2 fully saturated rings. The first-order chi connectivity index (χ1) is 17.0. The van der Waals surface area contributed by atoms with Crippen molar-refractivity contribution in [2.45, 2.75) is 44.7 Å². The monoisotopic (exact) mass is 477 g/mol. The van der Waals surface area contributed by atoms with Gasteiger partial charge in [-0.05, 0) is 36.6 Å². The standard InChI is InChI=1S/C26H28FN5O3/c1-2-3-10-28-26(35)32-15-17-13-18(32)14-31(17)25(34)21-11-16(8-9-22(21)27)12-23-19-6-4-5-7-20(19)24(33)30-29-23/h4-9,11,17-18H,2-3,10,12-15H2,1H3,(H,28,35)(H,30,33). The van der Waals surface area contributed by atoms with Gasteiger partial charge in [0, 0.05) is 31.4 Å². The first-order valence-electron chi connectivity index (χ1n) is 12.1. The number of nitrogens with zero attached hydrogens (tertiary/aromatic N) is 3.